The number of benzene rings is 1. The molecular formula is C17H22N2O5. The molecular weight excluding hydrogens is 312 g/mol. The van der Waals surface area contributed by atoms with Crippen LogP contribution in [0.15, 0.2) is 49.6 Å². The predicted octanol–water partition coefficient (Wildman–Crippen LogP) is 0.993. The van der Waals surface area contributed by atoms with Crippen molar-refractivity contribution in [3.05, 3.63) is 60.7 Å². The molecule has 7 heteroatoms. The smallest absolute Gasteiger partial charge is 0.330 e. The van der Waals surface area contributed by atoms with Gasteiger partial charge in [0.2, 0.25) is 0 Å². The Kier molecular flexibility index (Phi) is 9.06. The van der Waals surface area contributed by atoms with Crippen LogP contribution in [0.5, 0.6) is 0 Å². The molecule has 0 radical (unpaired) electrons. The van der Waals surface area contributed by atoms with Crippen molar-refractivity contribution < 1.29 is 23.9 Å². The molecule has 0 aliphatic rings. The summed E-state index contributed by atoms with van der Waals surface area (Å²) in [5.41, 5.74) is 10.3. The fourth-order valence-corrected chi connectivity index (χ4v) is 1.69. The maximum Gasteiger partial charge on any atom is 0.330 e. The minimum atomic E-state index is -0.671. The van der Waals surface area contributed by atoms with E-state index in [0.717, 1.165) is 23.3 Å². The first kappa shape index (κ1) is 19.6. The second-order valence-electron chi connectivity index (χ2n) is 4.75. The molecule has 1 aromatic rings. The first-order chi connectivity index (χ1) is 11.6. The average molecular weight is 334 g/mol. The Morgan fingerprint density at radius 3 is 2.25 bits per heavy atom. The topological polar surface area (TPSA) is 99.9 Å². The lowest BCUT2D eigenvalue weighted by atomic mass is 10.1. The summed E-state index contributed by atoms with van der Waals surface area (Å²) in [4.78, 5) is 27.7. The van der Waals surface area contributed by atoms with E-state index in [1.54, 1.807) is 0 Å². The first-order valence-electron chi connectivity index (χ1n) is 7.33. The lowest BCUT2D eigenvalue weighted by molar-refractivity contribution is -0.154. The van der Waals surface area contributed by atoms with Crippen molar-refractivity contribution >= 4 is 11.9 Å². The summed E-state index contributed by atoms with van der Waals surface area (Å²) in [6, 6.07) is 7.69. The highest BCUT2D eigenvalue weighted by Crippen LogP contribution is 2.05. The number of esters is 2. The van der Waals surface area contributed by atoms with E-state index in [0.29, 0.717) is 13.1 Å². The summed E-state index contributed by atoms with van der Waals surface area (Å²) in [6.07, 6.45) is 1.41. The third-order valence-electron chi connectivity index (χ3n) is 2.91. The van der Waals surface area contributed by atoms with Crippen LogP contribution < -0.4 is 11.2 Å². The van der Waals surface area contributed by atoms with Crippen LogP contribution in [-0.4, -0.2) is 31.3 Å². The summed E-state index contributed by atoms with van der Waals surface area (Å²) in [5.74, 6) is -1.18. The molecule has 7 nitrogen and oxygen atoms in total. The molecule has 0 saturated carbocycles. The Balaban J connectivity index is 2.49. The van der Waals surface area contributed by atoms with Gasteiger partial charge < -0.3 is 15.2 Å². The Hall–Kier alpha value is -2.48. The van der Waals surface area contributed by atoms with Gasteiger partial charge in [-0.05, 0) is 11.1 Å². The number of hydroxylamine groups is 1. The molecule has 3 N–H and O–H groups in total. The zero-order chi connectivity index (χ0) is 17.8. The number of ether oxygens (including phenoxy) is 2. The van der Waals surface area contributed by atoms with E-state index in [9.17, 15) is 9.59 Å². The molecule has 130 valence electrons. The first-order valence-corrected chi connectivity index (χ1v) is 7.33. The summed E-state index contributed by atoms with van der Waals surface area (Å²) < 4.78 is 9.81. The second-order valence-corrected chi connectivity index (χ2v) is 4.75. The van der Waals surface area contributed by atoms with Crippen molar-refractivity contribution in [2.24, 2.45) is 5.73 Å². The molecule has 0 fully saturated rings. The number of carbonyl (C=O) groups excluding carboxylic acids is 2. The molecule has 0 amide bonds. The van der Waals surface area contributed by atoms with Gasteiger partial charge in [0.25, 0.3) is 0 Å². The summed E-state index contributed by atoms with van der Waals surface area (Å²) in [7, 11) is 0. The Morgan fingerprint density at radius 2 is 1.71 bits per heavy atom. The van der Waals surface area contributed by atoms with Crippen molar-refractivity contribution in [2.75, 3.05) is 13.2 Å². The van der Waals surface area contributed by atoms with Gasteiger partial charge in [-0.15, -0.1) is 0 Å². The molecule has 0 aromatic heterocycles. The van der Waals surface area contributed by atoms with E-state index in [1.165, 1.54) is 0 Å². The molecule has 0 heterocycles. The van der Waals surface area contributed by atoms with Gasteiger partial charge in [0.1, 0.15) is 19.3 Å². The average Bonchev–Trinajstić information content (AvgIpc) is 2.62. The van der Waals surface area contributed by atoms with Crippen molar-refractivity contribution in [2.45, 2.75) is 19.2 Å². The van der Waals surface area contributed by atoms with E-state index in [-0.39, 0.29) is 13.2 Å². The molecule has 1 rings (SSSR count). The number of nitrogens with one attached hydrogen (secondary N) is 1. The standard InChI is InChI=1S/C17H22N2O5/c1-3-16(20)22-11-15(12-23-17(21)4-2)24-19-10-14-7-5-6-13(8-14)9-18/h3-8,15,19H,1-2,9-12,18H2. The van der Waals surface area contributed by atoms with E-state index < -0.39 is 18.0 Å². The van der Waals surface area contributed by atoms with Crippen molar-refractivity contribution in [3.8, 4) is 0 Å². The Bertz CT molecular complexity index is 550. The molecule has 0 atom stereocenters. The zero-order valence-corrected chi connectivity index (χ0v) is 13.4. The minimum Gasteiger partial charge on any atom is -0.460 e. The van der Waals surface area contributed by atoms with Gasteiger partial charge in [0.15, 0.2) is 0 Å². The van der Waals surface area contributed by atoms with Gasteiger partial charge in [-0.3, -0.25) is 4.84 Å². The molecule has 0 bridgehead atoms. The van der Waals surface area contributed by atoms with Crippen molar-refractivity contribution in [1.29, 1.82) is 0 Å². The molecule has 0 aliphatic heterocycles. The third kappa shape index (κ3) is 7.68. The molecule has 0 spiro atoms. The van der Waals surface area contributed by atoms with Crippen molar-refractivity contribution in [1.82, 2.24) is 5.48 Å². The van der Waals surface area contributed by atoms with Crippen LogP contribution in [0.2, 0.25) is 0 Å². The van der Waals surface area contributed by atoms with Gasteiger partial charge in [0.05, 0.1) is 0 Å². The predicted molar refractivity (Wildman–Crippen MR) is 88.4 cm³/mol. The normalized spacial score (nSPS) is 10.2. The number of rotatable bonds is 11. The minimum absolute atomic E-state index is 0.0921. The Labute approximate surface area is 141 Å². The summed E-state index contributed by atoms with van der Waals surface area (Å²) in [5, 5.41) is 0. The molecule has 24 heavy (non-hydrogen) atoms. The van der Waals surface area contributed by atoms with Crippen LogP contribution >= 0.6 is 0 Å². The van der Waals surface area contributed by atoms with Crippen molar-refractivity contribution in [3.63, 3.8) is 0 Å². The van der Waals surface area contributed by atoms with Crippen LogP contribution in [0.25, 0.3) is 0 Å². The lowest BCUT2D eigenvalue weighted by Crippen LogP contribution is -2.33. The number of nitrogens with two attached hydrogens (primary N) is 1. The molecule has 0 saturated heterocycles. The van der Waals surface area contributed by atoms with Gasteiger partial charge in [-0.2, -0.15) is 5.48 Å². The molecule has 0 aliphatic carbocycles. The SMILES string of the molecule is C=CC(=O)OCC(COC(=O)C=C)ONCc1cccc(CN)c1. The van der Waals surface area contributed by atoms with E-state index in [1.807, 2.05) is 24.3 Å². The highest BCUT2D eigenvalue weighted by Gasteiger charge is 2.14. The third-order valence-corrected chi connectivity index (χ3v) is 2.91. The van der Waals surface area contributed by atoms with Crippen LogP contribution in [-0.2, 0) is 37.0 Å². The van der Waals surface area contributed by atoms with E-state index in [4.69, 9.17) is 20.0 Å². The number of carbonyl (C=O) groups is 2. The van der Waals surface area contributed by atoms with Gasteiger partial charge >= 0.3 is 11.9 Å². The number of hydrogen-bond donors (Lipinski definition) is 2. The van der Waals surface area contributed by atoms with Gasteiger partial charge in [-0.25, -0.2) is 9.59 Å². The molecule has 0 unspecified atom stereocenters. The second kappa shape index (κ2) is 11.1. The maximum absolute atomic E-state index is 11.1. The van der Waals surface area contributed by atoms with Gasteiger partial charge in [0, 0.05) is 25.2 Å². The van der Waals surface area contributed by atoms with E-state index >= 15 is 0 Å². The van der Waals surface area contributed by atoms with Gasteiger partial charge in [-0.1, -0.05) is 37.4 Å². The molecule has 1 aromatic carbocycles. The maximum atomic E-state index is 11.1. The van der Waals surface area contributed by atoms with Crippen LogP contribution in [0.4, 0.5) is 0 Å². The van der Waals surface area contributed by atoms with Crippen LogP contribution in [0.3, 0.4) is 0 Å². The largest absolute Gasteiger partial charge is 0.460 e. The number of hydrogen-bond acceptors (Lipinski definition) is 7. The summed E-state index contributed by atoms with van der Waals surface area (Å²) >= 11 is 0. The zero-order valence-electron chi connectivity index (χ0n) is 13.4. The quantitative estimate of drug-likeness (QED) is 0.354. The van der Waals surface area contributed by atoms with E-state index in [2.05, 4.69) is 18.6 Å². The van der Waals surface area contributed by atoms with Crippen LogP contribution in [0.1, 0.15) is 11.1 Å². The fraction of sp³-hybridized carbons (Fsp3) is 0.294. The Morgan fingerprint density at radius 1 is 1.12 bits per heavy atom. The highest BCUT2D eigenvalue weighted by atomic mass is 16.7. The highest BCUT2D eigenvalue weighted by molar-refractivity contribution is 5.81. The lowest BCUT2D eigenvalue weighted by Gasteiger charge is -2.17. The van der Waals surface area contributed by atoms with Crippen LogP contribution in [0, 0.1) is 0 Å². The fourth-order valence-electron chi connectivity index (χ4n) is 1.69. The monoisotopic (exact) mass is 334 g/mol. The summed E-state index contributed by atoms with van der Waals surface area (Å²) in [6.45, 7) is 7.29.